The van der Waals surface area contributed by atoms with Gasteiger partial charge in [-0.3, -0.25) is 14.7 Å². The number of aromatic amines is 1. The number of benzene rings is 1. The summed E-state index contributed by atoms with van der Waals surface area (Å²) >= 11 is 0. The highest BCUT2D eigenvalue weighted by Gasteiger charge is 2.27. The second-order valence-corrected chi connectivity index (χ2v) is 11.9. The van der Waals surface area contributed by atoms with E-state index in [1.54, 1.807) is 0 Å². The first-order chi connectivity index (χ1) is 17.8. The lowest BCUT2D eigenvalue weighted by molar-refractivity contribution is -0.134. The van der Waals surface area contributed by atoms with E-state index < -0.39 is 0 Å². The smallest absolute Gasteiger partial charge is 0.236 e. The van der Waals surface area contributed by atoms with Gasteiger partial charge in [0.05, 0.1) is 12.2 Å². The normalized spacial score (nSPS) is 18.1. The largest absolute Gasteiger partial charge is 0.354 e. The van der Waals surface area contributed by atoms with Gasteiger partial charge in [0.25, 0.3) is 0 Å². The van der Waals surface area contributed by atoms with Gasteiger partial charge in [-0.25, -0.2) is 0 Å². The topological polar surface area (TPSA) is 52.2 Å². The van der Waals surface area contributed by atoms with E-state index in [0.29, 0.717) is 30.3 Å². The summed E-state index contributed by atoms with van der Waals surface area (Å²) in [5.74, 6) is 1.27. The van der Waals surface area contributed by atoms with Crippen LogP contribution in [0, 0.1) is 13.8 Å². The van der Waals surface area contributed by atoms with Crippen LogP contribution >= 0.6 is 0 Å². The molecule has 2 fully saturated rings. The van der Waals surface area contributed by atoms with Crippen molar-refractivity contribution in [3.8, 4) is 11.3 Å². The predicted octanol–water partition coefficient (Wildman–Crippen LogP) is 6.94. The van der Waals surface area contributed by atoms with Crippen molar-refractivity contribution in [1.82, 2.24) is 19.8 Å². The Morgan fingerprint density at radius 2 is 1.70 bits per heavy atom. The van der Waals surface area contributed by atoms with Crippen LogP contribution in [0.4, 0.5) is 0 Å². The number of fused-ring (bicyclic) bond motifs is 1. The van der Waals surface area contributed by atoms with E-state index in [-0.39, 0.29) is 0 Å². The maximum absolute atomic E-state index is 12.9. The van der Waals surface area contributed by atoms with Gasteiger partial charge in [0, 0.05) is 40.9 Å². The van der Waals surface area contributed by atoms with Crippen molar-refractivity contribution in [3.05, 3.63) is 52.8 Å². The molecule has 0 spiro atoms. The summed E-state index contributed by atoms with van der Waals surface area (Å²) in [6.07, 6.45) is 8.43. The molecule has 37 heavy (non-hydrogen) atoms. The Hall–Kier alpha value is -2.66. The molecular formula is C32H44N4O. The number of pyridine rings is 1. The molecule has 3 heterocycles. The molecule has 1 aliphatic heterocycles. The zero-order valence-electron chi connectivity index (χ0n) is 23.4. The highest BCUT2D eigenvalue weighted by Crippen LogP contribution is 2.38. The number of aromatic nitrogens is 2. The molecule has 1 saturated carbocycles. The van der Waals surface area contributed by atoms with Crippen LogP contribution in [-0.2, 0) is 4.79 Å². The lowest BCUT2D eigenvalue weighted by Crippen LogP contribution is -2.45. The van der Waals surface area contributed by atoms with Gasteiger partial charge in [-0.2, -0.15) is 0 Å². The molecule has 1 saturated heterocycles. The van der Waals surface area contributed by atoms with Crippen LogP contribution in [-0.4, -0.2) is 58.4 Å². The van der Waals surface area contributed by atoms with Crippen LogP contribution in [0.3, 0.4) is 0 Å². The number of carbonyl (C=O) groups is 1. The minimum Gasteiger partial charge on any atom is -0.354 e. The Morgan fingerprint density at radius 3 is 2.35 bits per heavy atom. The van der Waals surface area contributed by atoms with Gasteiger partial charge in [-0.05, 0) is 99.8 Å². The summed E-state index contributed by atoms with van der Waals surface area (Å²) in [5, 5.41) is 1.35. The first kappa shape index (κ1) is 26.0. The molecule has 5 nitrogen and oxygen atoms in total. The highest BCUT2D eigenvalue weighted by atomic mass is 16.2. The van der Waals surface area contributed by atoms with E-state index in [9.17, 15) is 4.79 Å². The molecule has 5 heteroatoms. The third kappa shape index (κ3) is 5.62. The maximum Gasteiger partial charge on any atom is 0.236 e. The standard InChI is InChI=1S/C32H44N4O/c1-21(2)31-28-19-25(11-12-29(28)34-32(31)26-17-22(3)33-23(4)18-26)24-13-15-36(16-14-24)20-30(37)35(5)27-9-7-6-8-10-27/h11-12,17-19,21,24,27,34H,6-10,13-16,20H2,1-5H3. The molecule has 3 aromatic rings. The van der Waals surface area contributed by atoms with Gasteiger partial charge >= 0.3 is 0 Å². The van der Waals surface area contributed by atoms with E-state index in [2.05, 4.69) is 72.9 Å². The second-order valence-electron chi connectivity index (χ2n) is 11.9. The minimum atomic E-state index is 0.301. The predicted molar refractivity (Wildman–Crippen MR) is 153 cm³/mol. The minimum absolute atomic E-state index is 0.301. The molecule has 198 valence electrons. The first-order valence-electron chi connectivity index (χ1n) is 14.4. The summed E-state index contributed by atoms with van der Waals surface area (Å²) in [6, 6.07) is 11.9. The number of hydrogen-bond donors (Lipinski definition) is 1. The summed E-state index contributed by atoms with van der Waals surface area (Å²) < 4.78 is 0. The Bertz CT molecular complexity index is 1220. The van der Waals surface area contributed by atoms with Crippen molar-refractivity contribution < 1.29 is 4.79 Å². The zero-order valence-corrected chi connectivity index (χ0v) is 23.4. The number of likely N-dealkylation sites (tertiary alicyclic amines) is 1. The van der Waals surface area contributed by atoms with Crippen LogP contribution in [0.25, 0.3) is 22.2 Å². The number of nitrogens with one attached hydrogen (secondary N) is 1. The van der Waals surface area contributed by atoms with E-state index >= 15 is 0 Å². The van der Waals surface area contributed by atoms with Crippen molar-refractivity contribution in [2.24, 2.45) is 0 Å². The highest BCUT2D eigenvalue weighted by molar-refractivity contribution is 5.92. The molecule has 0 radical (unpaired) electrons. The number of hydrogen-bond acceptors (Lipinski definition) is 3. The number of amides is 1. The average Bonchev–Trinajstić information content (AvgIpc) is 3.28. The fraction of sp³-hybridized carbons (Fsp3) is 0.562. The summed E-state index contributed by atoms with van der Waals surface area (Å²) in [6.45, 7) is 11.3. The molecule has 5 rings (SSSR count). The van der Waals surface area contributed by atoms with Gasteiger partial charge in [0.2, 0.25) is 5.91 Å². The lowest BCUT2D eigenvalue weighted by Gasteiger charge is -2.35. The molecule has 0 unspecified atom stereocenters. The molecule has 1 aromatic carbocycles. The van der Waals surface area contributed by atoms with Gasteiger partial charge in [0.15, 0.2) is 0 Å². The van der Waals surface area contributed by atoms with Crippen molar-refractivity contribution >= 4 is 16.8 Å². The van der Waals surface area contributed by atoms with E-state index in [0.717, 1.165) is 37.3 Å². The molecule has 1 N–H and O–H groups in total. The number of nitrogens with zero attached hydrogens (tertiary/aromatic N) is 3. The number of rotatable bonds is 6. The van der Waals surface area contributed by atoms with Crippen molar-refractivity contribution in [2.45, 2.75) is 90.5 Å². The number of aryl methyl sites for hydroxylation is 2. The zero-order chi connectivity index (χ0) is 26.1. The Labute approximate surface area is 222 Å². The van der Waals surface area contributed by atoms with E-state index in [1.807, 2.05) is 11.9 Å². The third-order valence-electron chi connectivity index (χ3n) is 8.74. The van der Waals surface area contributed by atoms with Crippen molar-refractivity contribution in [1.29, 1.82) is 0 Å². The van der Waals surface area contributed by atoms with Crippen LogP contribution in [0.1, 0.15) is 93.1 Å². The number of likely N-dealkylation sites (N-methyl/N-ethyl adjacent to an activating group) is 1. The first-order valence-corrected chi connectivity index (χ1v) is 14.4. The van der Waals surface area contributed by atoms with Gasteiger partial charge in [-0.15, -0.1) is 0 Å². The number of H-pyrrole nitrogens is 1. The molecule has 0 bridgehead atoms. The summed E-state index contributed by atoms with van der Waals surface area (Å²) in [4.78, 5) is 25.7. The fourth-order valence-electron chi connectivity index (χ4n) is 6.69. The van der Waals surface area contributed by atoms with E-state index in [1.165, 1.54) is 65.4 Å². The molecular weight excluding hydrogens is 456 g/mol. The number of piperidine rings is 1. The molecule has 1 aliphatic carbocycles. The van der Waals surface area contributed by atoms with Crippen molar-refractivity contribution in [3.63, 3.8) is 0 Å². The number of carbonyl (C=O) groups excluding carboxylic acids is 1. The van der Waals surface area contributed by atoms with Crippen LogP contribution in [0.15, 0.2) is 30.3 Å². The Kier molecular flexibility index (Phi) is 7.71. The van der Waals surface area contributed by atoms with Gasteiger partial charge < -0.3 is 9.88 Å². The quantitative estimate of drug-likeness (QED) is 0.399. The monoisotopic (exact) mass is 500 g/mol. The SMILES string of the molecule is Cc1cc(-c2[nH]c3ccc(C4CCN(CC(=O)N(C)C5CCCCC5)CC4)cc3c2C(C)C)cc(C)n1. The molecule has 0 atom stereocenters. The fourth-order valence-corrected chi connectivity index (χ4v) is 6.69. The Balaban J connectivity index is 1.29. The van der Waals surface area contributed by atoms with Gasteiger partial charge in [-0.1, -0.05) is 39.2 Å². The van der Waals surface area contributed by atoms with Crippen molar-refractivity contribution in [2.75, 3.05) is 26.7 Å². The maximum atomic E-state index is 12.9. The molecule has 2 aliphatic rings. The van der Waals surface area contributed by atoms with Crippen LogP contribution < -0.4 is 0 Å². The van der Waals surface area contributed by atoms with Crippen LogP contribution in [0.2, 0.25) is 0 Å². The third-order valence-corrected chi connectivity index (χ3v) is 8.74. The molecule has 1 amide bonds. The van der Waals surface area contributed by atoms with Gasteiger partial charge in [0.1, 0.15) is 0 Å². The average molecular weight is 501 g/mol. The van der Waals surface area contributed by atoms with Crippen LogP contribution in [0.5, 0.6) is 0 Å². The second kappa shape index (κ2) is 11.0. The van der Waals surface area contributed by atoms with E-state index in [4.69, 9.17) is 0 Å². The summed E-state index contributed by atoms with van der Waals surface area (Å²) in [5.41, 5.74) is 8.61. The Morgan fingerprint density at radius 1 is 1.03 bits per heavy atom. The molecule has 2 aromatic heterocycles. The summed E-state index contributed by atoms with van der Waals surface area (Å²) in [7, 11) is 2.02. The lowest BCUT2D eigenvalue weighted by atomic mass is 9.87.